The van der Waals surface area contributed by atoms with Crippen LogP contribution in [0.2, 0.25) is 0 Å². The Morgan fingerprint density at radius 1 is 0.700 bits per heavy atom. The molecule has 0 spiro atoms. The van der Waals surface area contributed by atoms with Gasteiger partial charge in [0.2, 0.25) is 0 Å². The number of nitrogens with zero attached hydrogens (tertiary/aromatic N) is 2. The van der Waals surface area contributed by atoms with Gasteiger partial charge < -0.3 is 0 Å². The van der Waals surface area contributed by atoms with Gasteiger partial charge >= 0.3 is 0 Å². The summed E-state index contributed by atoms with van der Waals surface area (Å²) in [7, 11) is 0. The van der Waals surface area contributed by atoms with Gasteiger partial charge in [0, 0.05) is 30.4 Å². The second-order valence-electron chi connectivity index (χ2n) is 4.39. The van der Waals surface area contributed by atoms with Crippen molar-refractivity contribution in [2.45, 2.75) is 0 Å². The fourth-order valence-electron chi connectivity index (χ4n) is 2.18. The maximum absolute atomic E-state index is 11.4. The normalized spacial score (nSPS) is 10.2. The van der Waals surface area contributed by atoms with E-state index >= 15 is 0 Å². The van der Waals surface area contributed by atoms with E-state index in [1.807, 2.05) is 42.5 Å². The van der Waals surface area contributed by atoms with Crippen molar-refractivity contribution in [2.75, 3.05) is 0 Å². The zero-order chi connectivity index (χ0) is 13.8. The van der Waals surface area contributed by atoms with Crippen LogP contribution in [0, 0.1) is 0 Å². The Morgan fingerprint density at radius 3 is 1.90 bits per heavy atom. The Balaban J connectivity index is 2.10. The van der Waals surface area contributed by atoms with Crippen molar-refractivity contribution in [3.8, 4) is 22.3 Å². The minimum Gasteiger partial charge on any atom is -0.298 e. The van der Waals surface area contributed by atoms with Crippen molar-refractivity contribution < 1.29 is 4.79 Å². The highest BCUT2D eigenvalue weighted by atomic mass is 16.1. The fourth-order valence-corrected chi connectivity index (χ4v) is 2.18. The summed E-state index contributed by atoms with van der Waals surface area (Å²) in [6, 6.07) is 13.5. The van der Waals surface area contributed by atoms with E-state index in [0.29, 0.717) is 5.56 Å². The van der Waals surface area contributed by atoms with Gasteiger partial charge in [-0.25, -0.2) is 0 Å². The van der Waals surface area contributed by atoms with Crippen molar-refractivity contribution in [3.05, 3.63) is 72.8 Å². The van der Waals surface area contributed by atoms with E-state index in [9.17, 15) is 4.79 Å². The zero-order valence-corrected chi connectivity index (χ0v) is 10.7. The summed E-state index contributed by atoms with van der Waals surface area (Å²) in [5.74, 6) is 0. The van der Waals surface area contributed by atoms with Gasteiger partial charge in [-0.15, -0.1) is 0 Å². The Kier molecular flexibility index (Phi) is 3.33. The van der Waals surface area contributed by atoms with Crippen LogP contribution in [0.4, 0.5) is 0 Å². The van der Waals surface area contributed by atoms with Crippen LogP contribution in [0.15, 0.2) is 67.3 Å². The maximum atomic E-state index is 11.4. The third-order valence-corrected chi connectivity index (χ3v) is 3.18. The van der Waals surface area contributed by atoms with Crippen LogP contribution in [0.1, 0.15) is 10.4 Å². The Labute approximate surface area is 117 Å². The number of aldehydes is 1. The van der Waals surface area contributed by atoms with E-state index in [1.54, 1.807) is 24.8 Å². The minimum atomic E-state index is 0.672. The molecule has 0 N–H and O–H groups in total. The third-order valence-electron chi connectivity index (χ3n) is 3.18. The zero-order valence-electron chi connectivity index (χ0n) is 10.7. The SMILES string of the molecule is O=Cc1cc(-c2ccncc2)ccc1-c1ccncc1. The first-order chi connectivity index (χ1) is 9.88. The lowest BCUT2D eigenvalue weighted by molar-refractivity contribution is 0.112. The Morgan fingerprint density at radius 2 is 1.30 bits per heavy atom. The summed E-state index contributed by atoms with van der Waals surface area (Å²) in [6.07, 6.45) is 7.82. The average Bonchev–Trinajstić information content (AvgIpc) is 2.56. The monoisotopic (exact) mass is 260 g/mol. The predicted molar refractivity (Wildman–Crippen MR) is 78.3 cm³/mol. The third kappa shape index (κ3) is 2.34. The molecule has 0 saturated heterocycles. The van der Waals surface area contributed by atoms with Crippen LogP contribution in [0.25, 0.3) is 22.3 Å². The predicted octanol–water partition coefficient (Wildman–Crippen LogP) is 3.62. The van der Waals surface area contributed by atoms with Gasteiger partial charge in [-0.1, -0.05) is 12.1 Å². The van der Waals surface area contributed by atoms with Crippen LogP contribution >= 0.6 is 0 Å². The van der Waals surface area contributed by atoms with Gasteiger partial charge in [0.15, 0.2) is 6.29 Å². The molecule has 3 heteroatoms. The molecule has 0 saturated carbocycles. The maximum Gasteiger partial charge on any atom is 0.150 e. The molecule has 0 atom stereocenters. The smallest absolute Gasteiger partial charge is 0.150 e. The van der Waals surface area contributed by atoms with Gasteiger partial charge in [0.05, 0.1) is 0 Å². The molecular weight excluding hydrogens is 248 g/mol. The standard InChI is InChI=1S/C17H12N2O/c20-12-16-11-15(13-3-7-18-8-4-13)1-2-17(16)14-5-9-19-10-6-14/h1-12H. The number of hydrogen-bond acceptors (Lipinski definition) is 3. The highest BCUT2D eigenvalue weighted by Gasteiger charge is 2.06. The summed E-state index contributed by atoms with van der Waals surface area (Å²) in [5.41, 5.74) is 4.63. The molecule has 2 aromatic heterocycles. The van der Waals surface area contributed by atoms with Crippen LogP contribution in [0.5, 0.6) is 0 Å². The molecule has 0 fully saturated rings. The van der Waals surface area contributed by atoms with Gasteiger partial charge in [-0.05, 0) is 52.6 Å². The molecule has 3 rings (SSSR count). The summed E-state index contributed by atoms with van der Waals surface area (Å²) >= 11 is 0. The largest absolute Gasteiger partial charge is 0.298 e. The first kappa shape index (κ1) is 12.2. The van der Waals surface area contributed by atoms with Crippen LogP contribution in [-0.4, -0.2) is 16.3 Å². The summed E-state index contributed by atoms with van der Waals surface area (Å²) in [4.78, 5) is 19.4. The number of hydrogen-bond donors (Lipinski definition) is 0. The molecule has 1 aromatic carbocycles. The van der Waals surface area contributed by atoms with Gasteiger partial charge in [0.1, 0.15) is 0 Å². The summed E-state index contributed by atoms with van der Waals surface area (Å²) in [6.45, 7) is 0. The lowest BCUT2D eigenvalue weighted by Crippen LogP contribution is -1.89. The first-order valence-electron chi connectivity index (χ1n) is 6.28. The van der Waals surface area contributed by atoms with Crippen LogP contribution in [0.3, 0.4) is 0 Å². The Hall–Kier alpha value is -2.81. The summed E-state index contributed by atoms with van der Waals surface area (Å²) < 4.78 is 0. The van der Waals surface area contributed by atoms with Gasteiger partial charge in [-0.2, -0.15) is 0 Å². The van der Waals surface area contributed by atoms with Crippen molar-refractivity contribution in [1.82, 2.24) is 9.97 Å². The molecular formula is C17H12N2O. The molecule has 20 heavy (non-hydrogen) atoms. The molecule has 96 valence electrons. The van der Waals surface area contributed by atoms with E-state index in [2.05, 4.69) is 9.97 Å². The Bertz CT molecular complexity index is 724. The van der Waals surface area contributed by atoms with E-state index < -0.39 is 0 Å². The number of carbonyl (C=O) groups is 1. The molecule has 3 nitrogen and oxygen atoms in total. The quantitative estimate of drug-likeness (QED) is 0.675. The minimum absolute atomic E-state index is 0.672. The fraction of sp³-hybridized carbons (Fsp3) is 0. The molecule has 0 bridgehead atoms. The molecule has 0 aliphatic carbocycles. The van der Waals surface area contributed by atoms with Crippen molar-refractivity contribution in [3.63, 3.8) is 0 Å². The summed E-state index contributed by atoms with van der Waals surface area (Å²) in [5, 5.41) is 0. The highest BCUT2D eigenvalue weighted by Crippen LogP contribution is 2.27. The van der Waals surface area contributed by atoms with Crippen LogP contribution < -0.4 is 0 Å². The average molecular weight is 260 g/mol. The number of carbonyl (C=O) groups excluding carboxylic acids is 1. The number of benzene rings is 1. The molecule has 0 amide bonds. The van der Waals surface area contributed by atoms with Crippen LogP contribution in [-0.2, 0) is 0 Å². The molecule has 2 heterocycles. The molecule has 0 radical (unpaired) electrons. The second-order valence-corrected chi connectivity index (χ2v) is 4.39. The first-order valence-corrected chi connectivity index (χ1v) is 6.28. The van der Waals surface area contributed by atoms with E-state index in [-0.39, 0.29) is 0 Å². The number of rotatable bonds is 3. The molecule has 0 aliphatic heterocycles. The lowest BCUT2D eigenvalue weighted by Gasteiger charge is -2.08. The van der Waals surface area contributed by atoms with E-state index in [0.717, 1.165) is 28.5 Å². The topological polar surface area (TPSA) is 42.9 Å². The highest BCUT2D eigenvalue weighted by molar-refractivity contribution is 5.90. The number of pyridine rings is 2. The van der Waals surface area contributed by atoms with Crippen molar-refractivity contribution in [1.29, 1.82) is 0 Å². The van der Waals surface area contributed by atoms with Crippen molar-refractivity contribution in [2.24, 2.45) is 0 Å². The molecule has 0 aliphatic rings. The number of aromatic nitrogens is 2. The van der Waals surface area contributed by atoms with E-state index in [4.69, 9.17) is 0 Å². The van der Waals surface area contributed by atoms with E-state index in [1.165, 1.54) is 0 Å². The van der Waals surface area contributed by atoms with Crippen molar-refractivity contribution >= 4 is 6.29 Å². The molecule has 3 aromatic rings. The van der Waals surface area contributed by atoms with Gasteiger partial charge in [-0.3, -0.25) is 14.8 Å². The lowest BCUT2D eigenvalue weighted by atomic mass is 9.96. The second kappa shape index (κ2) is 5.45. The van der Waals surface area contributed by atoms with Gasteiger partial charge in [0.25, 0.3) is 0 Å². The molecule has 0 unspecified atom stereocenters.